The van der Waals surface area contributed by atoms with Crippen LogP contribution in [0.25, 0.3) is 0 Å². The molecule has 1 N–H and O–H groups in total. The molecule has 0 bridgehead atoms. The highest BCUT2D eigenvalue weighted by Crippen LogP contribution is 2.43. The van der Waals surface area contributed by atoms with Gasteiger partial charge in [0.2, 0.25) is 11.7 Å². The average Bonchev–Trinajstić information content (AvgIpc) is 3.21. The molecular weight excluding hydrogens is 334 g/mol. The van der Waals surface area contributed by atoms with Gasteiger partial charge in [0, 0.05) is 49.8 Å². The van der Waals surface area contributed by atoms with Crippen molar-refractivity contribution in [3.63, 3.8) is 0 Å². The fourth-order valence-corrected chi connectivity index (χ4v) is 3.78. The van der Waals surface area contributed by atoms with Crippen LogP contribution in [0, 0.1) is 12.8 Å². The molecule has 2 aliphatic rings. The Morgan fingerprint density at radius 3 is 2.81 bits per heavy atom. The first-order chi connectivity index (χ1) is 12.5. The van der Waals surface area contributed by atoms with Crippen molar-refractivity contribution in [2.24, 2.45) is 13.0 Å². The predicted molar refractivity (Wildman–Crippen MR) is 92.1 cm³/mol. The van der Waals surface area contributed by atoms with Crippen LogP contribution in [0.4, 0.5) is 0 Å². The van der Waals surface area contributed by atoms with Crippen LogP contribution in [-0.2, 0) is 11.8 Å². The van der Waals surface area contributed by atoms with E-state index in [-0.39, 0.29) is 29.5 Å². The fraction of sp³-hybridized carbons (Fsp3) is 0.556. The molecule has 4 rings (SSSR count). The van der Waals surface area contributed by atoms with Crippen molar-refractivity contribution >= 4 is 11.8 Å². The molecule has 26 heavy (non-hydrogen) atoms. The van der Waals surface area contributed by atoms with Gasteiger partial charge in [-0.15, -0.1) is 0 Å². The molecule has 3 heterocycles. The van der Waals surface area contributed by atoms with Crippen LogP contribution in [0.1, 0.15) is 53.5 Å². The van der Waals surface area contributed by atoms with Crippen LogP contribution < -0.4 is 5.32 Å². The molecule has 0 radical (unpaired) electrons. The number of carbonyl (C=O) groups excluding carboxylic acids is 2. The van der Waals surface area contributed by atoms with E-state index in [2.05, 4.69) is 15.6 Å². The molecular formula is C18H23N5O3. The van der Waals surface area contributed by atoms with Crippen LogP contribution in [0.3, 0.4) is 0 Å². The van der Waals surface area contributed by atoms with Crippen LogP contribution >= 0.6 is 0 Å². The third kappa shape index (κ3) is 3.23. The van der Waals surface area contributed by atoms with Gasteiger partial charge >= 0.3 is 0 Å². The van der Waals surface area contributed by atoms with E-state index in [9.17, 15) is 9.59 Å². The highest BCUT2D eigenvalue weighted by molar-refractivity contribution is 5.91. The topological polar surface area (TPSA) is 93.3 Å². The maximum atomic E-state index is 12.6. The van der Waals surface area contributed by atoms with Gasteiger partial charge in [-0.2, -0.15) is 5.10 Å². The predicted octanol–water partition coefficient (Wildman–Crippen LogP) is 1.59. The summed E-state index contributed by atoms with van der Waals surface area (Å²) >= 11 is 0. The minimum absolute atomic E-state index is 0.0470. The molecule has 2 fully saturated rings. The van der Waals surface area contributed by atoms with Crippen LogP contribution in [0.2, 0.25) is 0 Å². The zero-order chi connectivity index (χ0) is 18.3. The summed E-state index contributed by atoms with van der Waals surface area (Å²) in [5, 5.41) is 11.0. The summed E-state index contributed by atoms with van der Waals surface area (Å²) in [6.07, 6.45) is 7.17. The number of aromatic nitrogens is 3. The van der Waals surface area contributed by atoms with Crippen LogP contribution in [0.15, 0.2) is 23.0 Å². The number of amides is 2. The number of nitrogens with one attached hydrogen (secondary N) is 1. The summed E-state index contributed by atoms with van der Waals surface area (Å²) in [5.74, 6) is 0.289. The molecule has 0 spiro atoms. The van der Waals surface area contributed by atoms with Gasteiger partial charge in [0.1, 0.15) is 0 Å². The first-order valence-electron chi connectivity index (χ1n) is 9.04. The van der Waals surface area contributed by atoms with Crippen molar-refractivity contribution in [1.82, 2.24) is 25.2 Å². The molecule has 2 aromatic rings. The first kappa shape index (κ1) is 16.8. The normalized spacial score (nSPS) is 23.3. The molecule has 1 aliphatic heterocycles. The van der Waals surface area contributed by atoms with E-state index >= 15 is 0 Å². The van der Waals surface area contributed by atoms with E-state index in [4.69, 9.17) is 4.52 Å². The molecule has 8 nitrogen and oxygen atoms in total. The maximum Gasteiger partial charge on any atom is 0.289 e. The maximum absolute atomic E-state index is 12.6. The molecule has 0 aromatic carbocycles. The third-order valence-electron chi connectivity index (χ3n) is 5.15. The number of nitrogens with zero attached hydrogens (tertiary/aromatic N) is 4. The standard InChI is InChI=1S/C18H23N5O3/c1-11-7-15(26-21-11)18(25)19-8-12-3-6-16(24)23(14-4-5-14)17(12)13-9-20-22(2)10-13/h7,9-10,12,14,17H,3-6,8H2,1-2H3,(H,19,25)/t12-,17+/m1/s1. The summed E-state index contributed by atoms with van der Waals surface area (Å²) in [5.41, 5.74) is 1.70. The molecule has 1 saturated heterocycles. The molecule has 1 aliphatic carbocycles. The van der Waals surface area contributed by atoms with Gasteiger partial charge in [-0.3, -0.25) is 14.3 Å². The summed E-state index contributed by atoms with van der Waals surface area (Å²) in [6.45, 7) is 2.26. The molecule has 138 valence electrons. The summed E-state index contributed by atoms with van der Waals surface area (Å²) in [7, 11) is 1.87. The smallest absolute Gasteiger partial charge is 0.289 e. The molecule has 8 heteroatoms. The summed E-state index contributed by atoms with van der Waals surface area (Å²) in [4.78, 5) is 26.9. The quantitative estimate of drug-likeness (QED) is 0.877. The monoisotopic (exact) mass is 357 g/mol. The van der Waals surface area contributed by atoms with Gasteiger partial charge in [-0.1, -0.05) is 5.16 Å². The Balaban J connectivity index is 1.52. The lowest BCUT2D eigenvalue weighted by Crippen LogP contribution is -2.47. The van der Waals surface area contributed by atoms with E-state index in [0.717, 1.165) is 24.8 Å². The number of aryl methyl sites for hydroxylation is 2. The van der Waals surface area contributed by atoms with E-state index in [1.807, 2.05) is 24.3 Å². The highest BCUT2D eigenvalue weighted by atomic mass is 16.5. The first-order valence-corrected chi connectivity index (χ1v) is 9.04. The van der Waals surface area contributed by atoms with E-state index in [1.54, 1.807) is 17.7 Å². The minimum Gasteiger partial charge on any atom is -0.351 e. The Kier molecular flexibility index (Phi) is 4.26. The van der Waals surface area contributed by atoms with E-state index in [0.29, 0.717) is 24.7 Å². The number of hydrogen-bond donors (Lipinski definition) is 1. The van der Waals surface area contributed by atoms with Crippen molar-refractivity contribution in [2.75, 3.05) is 6.54 Å². The molecule has 2 amide bonds. The molecule has 0 unspecified atom stereocenters. The Labute approximate surface area is 151 Å². The van der Waals surface area contributed by atoms with Crippen LogP contribution in [0.5, 0.6) is 0 Å². The molecule has 2 aromatic heterocycles. The minimum atomic E-state index is -0.273. The number of carbonyl (C=O) groups is 2. The average molecular weight is 357 g/mol. The van der Waals surface area contributed by atoms with Crippen molar-refractivity contribution in [3.05, 3.63) is 35.5 Å². The van der Waals surface area contributed by atoms with Gasteiger partial charge in [0.05, 0.1) is 17.9 Å². The van der Waals surface area contributed by atoms with Crippen molar-refractivity contribution < 1.29 is 14.1 Å². The van der Waals surface area contributed by atoms with Crippen molar-refractivity contribution in [3.8, 4) is 0 Å². The highest BCUT2D eigenvalue weighted by Gasteiger charge is 2.44. The lowest BCUT2D eigenvalue weighted by Gasteiger charge is -2.41. The van der Waals surface area contributed by atoms with Gasteiger partial charge < -0.3 is 14.7 Å². The SMILES string of the molecule is Cc1cc(C(=O)NC[C@H]2CCC(=O)N(C3CC3)[C@@H]2c2cnn(C)c2)on1. The third-order valence-corrected chi connectivity index (χ3v) is 5.15. The summed E-state index contributed by atoms with van der Waals surface area (Å²) < 4.78 is 6.78. The number of likely N-dealkylation sites (tertiary alicyclic amines) is 1. The van der Waals surface area contributed by atoms with Gasteiger partial charge in [-0.05, 0) is 26.2 Å². The Morgan fingerprint density at radius 1 is 1.38 bits per heavy atom. The zero-order valence-corrected chi connectivity index (χ0v) is 15.0. The van der Waals surface area contributed by atoms with Crippen molar-refractivity contribution in [2.45, 2.75) is 44.7 Å². The second-order valence-electron chi connectivity index (χ2n) is 7.27. The second-order valence-corrected chi connectivity index (χ2v) is 7.27. The zero-order valence-electron chi connectivity index (χ0n) is 15.0. The number of rotatable bonds is 5. The lowest BCUT2D eigenvalue weighted by atomic mass is 9.85. The molecule has 2 atom stereocenters. The van der Waals surface area contributed by atoms with E-state index < -0.39 is 0 Å². The largest absolute Gasteiger partial charge is 0.351 e. The van der Waals surface area contributed by atoms with Gasteiger partial charge in [0.15, 0.2) is 0 Å². The molecule has 1 saturated carbocycles. The Hall–Kier alpha value is -2.64. The lowest BCUT2D eigenvalue weighted by molar-refractivity contribution is -0.139. The second kappa shape index (κ2) is 6.59. The van der Waals surface area contributed by atoms with Gasteiger partial charge in [-0.25, -0.2) is 0 Å². The fourth-order valence-electron chi connectivity index (χ4n) is 3.78. The van der Waals surface area contributed by atoms with Crippen molar-refractivity contribution in [1.29, 1.82) is 0 Å². The summed E-state index contributed by atoms with van der Waals surface area (Å²) in [6, 6.07) is 1.90. The van der Waals surface area contributed by atoms with Gasteiger partial charge in [0.25, 0.3) is 5.91 Å². The van der Waals surface area contributed by atoms with E-state index in [1.165, 1.54) is 0 Å². The number of hydrogen-bond acceptors (Lipinski definition) is 5. The Morgan fingerprint density at radius 2 is 2.19 bits per heavy atom. The van der Waals surface area contributed by atoms with Crippen LogP contribution in [-0.4, -0.2) is 44.2 Å². The number of piperidine rings is 1. The Bertz CT molecular complexity index is 822.